The minimum absolute atomic E-state index is 0.0475. The van der Waals surface area contributed by atoms with Crippen molar-refractivity contribution in [1.29, 1.82) is 0 Å². The summed E-state index contributed by atoms with van der Waals surface area (Å²) in [7, 11) is -1.79. The number of nitrogens with zero attached hydrogens (tertiary/aromatic N) is 2. The fraction of sp³-hybridized carbons (Fsp3) is 0.552. The monoisotopic (exact) mass is 543 g/mol. The van der Waals surface area contributed by atoms with Gasteiger partial charge >= 0.3 is 0 Å². The summed E-state index contributed by atoms with van der Waals surface area (Å²) >= 11 is 0. The Morgan fingerprint density at radius 3 is 2.47 bits per heavy atom. The maximum absolute atomic E-state index is 13.7. The Morgan fingerprint density at radius 1 is 1.08 bits per heavy atom. The van der Waals surface area contributed by atoms with Gasteiger partial charge in [0.1, 0.15) is 6.10 Å². The Morgan fingerprint density at radius 2 is 1.79 bits per heavy atom. The van der Waals surface area contributed by atoms with Crippen molar-refractivity contribution in [3.8, 4) is 5.75 Å². The van der Waals surface area contributed by atoms with Gasteiger partial charge < -0.3 is 19.6 Å². The number of aliphatic hydroxyl groups is 1. The molecule has 0 radical (unpaired) electrons. The fourth-order valence-electron chi connectivity index (χ4n) is 5.54. The molecule has 1 heterocycles. The van der Waals surface area contributed by atoms with Crippen LogP contribution in [0.3, 0.4) is 0 Å². The zero-order chi connectivity index (χ0) is 27.3. The predicted octanol–water partition coefficient (Wildman–Crippen LogP) is 4.22. The number of carbonyl (C=O) groups is 1. The topological polar surface area (TPSA) is 99.2 Å². The van der Waals surface area contributed by atoms with Crippen LogP contribution in [0, 0.1) is 11.8 Å². The second-order valence-corrected chi connectivity index (χ2v) is 12.6. The minimum Gasteiger partial charge on any atom is -0.486 e. The van der Waals surface area contributed by atoms with Crippen molar-refractivity contribution in [3.63, 3.8) is 0 Å². The highest BCUT2D eigenvalue weighted by atomic mass is 32.2. The van der Waals surface area contributed by atoms with Crippen LogP contribution in [0.4, 0.5) is 5.69 Å². The molecule has 9 heteroatoms. The van der Waals surface area contributed by atoms with E-state index in [0.717, 1.165) is 6.54 Å². The molecule has 208 valence electrons. The van der Waals surface area contributed by atoms with Crippen molar-refractivity contribution in [2.24, 2.45) is 11.8 Å². The number of fused-ring (bicyclic) bond motifs is 1. The number of nitrogens with one attached hydrogen (secondary N) is 1. The van der Waals surface area contributed by atoms with Crippen molar-refractivity contribution in [2.45, 2.75) is 63.0 Å². The van der Waals surface area contributed by atoms with Gasteiger partial charge in [0, 0.05) is 25.6 Å². The number of hydrogen-bond donors (Lipinski definition) is 2. The molecule has 38 heavy (non-hydrogen) atoms. The molecule has 1 saturated carbocycles. The summed E-state index contributed by atoms with van der Waals surface area (Å²) in [4.78, 5) is 17.8. The Hall–Kier alpha value is -2.62. The first-order valence-electron chi connectivity index (χ1n) is 13.7. The molecule has 1 aliphatic heterocycles. The average molecular weight is 544 g/mol. The highest BCUT2D eigenvalue weighted by Gasteiger charge is 2.35. The minimum atomic E-state index is -3.90. The van der Waals surface area contributed by atoms with Crippen LogP contribution in [0.25, 0.3) is 0 Å². The van der Waals surface area contributed by atoms with Crippen LogP contribution in [0.1, 0.15) is 56.3 Å². The molecule has 0 bridgehead atoms. The molecular formula is C29H41N3O5S. The van der Waals surface area contributed by atoms with E-state index in [1.807, 2.05) is 13.8 Å². The molecule has 3 atom stereocenters. The summed E-state index contributed by atoms with van der Waals surface area (Å²) in [5, 5.41) is 9.90. The number of ether oxygens (including phenoxy) is 1. The third-order valence-corrected chi connectivity index (χ3v) is 9.16. The number of benzene rings is 2. The molecule has 2 aliphatic rings. The van der Waals surface area contributed by atoms with Crippen LogP contribution in [-0.2, 0) is 10.0 Å². The highest BCUT2D eigenvalue weighted by molar-refractivity contribution is 7.92. The van der Waals surface area contributed by atoms with Gasteiger partial charge in [-0.3, -0.25) is 9.52 Å². The van der Waals surface area contributed by atoms with Crippen molar-refractivity contribution < 1.29 is 23.1 Å². The van der Waals surface area contributed by atoms with Gasteiger partial charge in [-0.2, -0.15) is 0 Å². The largest absolute Gasteiger partial charge is 0.486 e. The molecule has 2 aromatic carbocycles. The van der Waals surface area contributed by atoms with E-state index in [4.69, 9.17) is 4.74 Å². The van der Waals surface area contributed by atoms with Crippen LogP contribution in [0.15, 0.2) is 53.4 Å². The molecular weight excluding hydrogens is 502 g/mol. The molecule has 1 aliphatic carbocycles. The molecule has 1 amide bonds. The van der Waals surface area contributed by atoms with E-state index in [2.05, 4.69) is 16.7 Å². The average Bonchev–Trinajstić information content (AvgIpc) is 2.91. The predicted molar refractivity (Wildman–Crippen MR) is 149 cm³/mol. The van der Waals surface area contributed by atoms with E-state index in [1.54, 1.807) is 41.3 Å². The van der Waals surface area contributed by atoms with Crippen LogP contribution in [-0.4, -0.2) is 74.7 Å². The number of rotatable bonds is 9. The van der Waals surface area contributed by atoms with Gasteiger partial charge in [0.15, 0.2) is 5.75 Å². The van der Waals surface area contributed by atoms with E-state index in [1.165, 1.54) is 44.2 Å². The smallest absolute Gasteiger partial charge is 0.262 e. The maximum Gasteiger partial charge on any atom is 0.262 e. The molecule has 2 N–H and O–H groups in total. The third kappa shape index (κ3) is 6.68. The van der Waals surface area contributed by atoms with Gasteiger partial charge in [-0.15, -0.1) is 0 Å². The summed E-state index contributed by atoms with van der Waals surface area (Å²) in [5.41, 5.74) is 0.510. The molecule has 8 nitrogen and oxygen atoms in total. The van der Waals surface area contributed by atoms with Crippen molar-refractivity contribution >= 4 is 21.6 Å². The Labute approximate surface area is 227 Å². The molecule has 2 aromatic rings. The number of aliphatic hydroxyl groups excluding tert-OH is 1. The molecule has 0 aromatic heterocycles. The number of anilines is 1. The number of hydrogen-bond acceptors (Lipinski definition) is 6. The summed E-state index contributed by atoms with van der Waals surface area (Å²) < 4.78 is 35.6. The van der Waals surface area contributed by atoms with Gasteiger partial charge in [-0.25, -0.2) is 8.42 Å². The summed E-state index contributed by atoms with van der Waals surface area (Å²) in [5.74, 6) is 0.567. The first-order valence-corrected chi connectivity index (χ1v) is 15.2. The molecule has 1 fully saturated rings. The first kappa shape index (κ1) is 28.4. The highest BCUT2D eigenvalue weighted by Crippen LogP contribution is 2.36. The maximum atomic E-state index is 13.7. The van der Waals surface area contributed by atoms with Crippen LogP contribution >= 0.6 is 0 Å². The normalized spacial score (nSPS) is 21.8. The number of carbonyl (C=O) groups excluding carboxylic acids is 1. The second-order valence-electron chi connectivity index (χ2n) is 10.9. The zero-order valence-corrected chi connectivity index (χ0v) is 23.5. The Kier molecular flexibility index (Phi) is 9.33. The van der Waals surface area contributed by atoms with Gasteiger partial charge in [0.25, 0.3) is 15.9 Å². The number of para-hydroxylation sites is 1. The molecule has 0 unspecified atom stereocenters. The van der Waals surface area contributed by atoms with Gasteiger partial charge in [0.2, 0.25) is 0 Å². The van der Waals surface area contributed by atoms with E-state index in [9.17, 15) is 18.3 Å². The first-order chi connectivity index (χ1) is 18.2. The lowest BCUT2D eigenvalue weighted by Crippen LogP contribution is -2.50. The summed E-state index contributed by atoms with van der Waals surface area (Å²) in [6.07, 6.45) is 6.08. The lowest BCUT2D eigenvalue weighted by atomic mass is 9.89. The Balaban J connectivity index is 1.67. The lowest BCUT2D eigenvalue weighted by Gasteiger charge is -2.39. The van der Waals surface area contributed by atoms with Crippen LogP contribution in [0.5, 0.6) is 5.75 Å². The second kappa shape index (κ2) is 12.5. The van der Waals surface area contributed by atoms with Crippen molar-refractivity contribution in [1.82, 2.24) is 9.80 Å². The van der Waals surface area contributed by atoms with E-state index in [0.29, 0.717) is 19.0 Å². The van der Waals surface area contributed by atoms with Gasteiger partial charge in [-0.05, 0) is 57.0 Å². The van der Waals surface area contributed by atoms with Gasteiger partial charge in [0.05, 0.1) is 28.8 Å². The molecule has 0 spiro atoms. The SMILES string of the molecule is C[C@H]1CN([C@@H](C)CO)C(=O)c2cccc(NS(=O)(=O)c3ccccc3)c2O[C@H]1CN(C)CC1CCCCC1. The van der Waals surface area contributed by atoms with E-state index in [-0.39, 0.29) is 52.5 Å². The molecule has 4 rings (SSSR count). The van der Waals surface area contributed by atoms with Crippen LogP contribution < -0.4 is 9.46 Å². The number of amides is 1. The number of sulfonamides is 1. The van der Waals surface area contributed by atoms with E-state index >= 15 is 0 Å². The van der Waals surface area contributed by atoms with Crippen molar-refractivity contribution in [2.75, 3.05) is 38.0 Å². The van der Waals surface area contributed by atoms with Crippen LogP contribution in [0.2, 0.25) is 0 Å². The van der Waals surface area contributed by atoms with Crippen molar-refractivity contribution in [3.05, 3.63) is 54.1 Å². The standard InChI is InChI=1S/C29H41N3O5S/c1-21-17-32(22(2)20-33)29(34)25-15-10-16-26(30-38(35,36)24-13-8-5-9-14-24)28(25)37-27(21)19-31(3)18-23-11-6-4-7-12-23/h5,8-10,13-16,21-23,27,30,33H,4,6-7,11-12,17-20H2,1-3H3/t21-,22-,27-/m0/s1. The zero-order valence-electron chi connectivity index (χ0n) is 22.7. The third-order valence-electron chi connectivity index (χ3n) is 7.78. The van der Waals surface area contributed by atoms with Gasteiger partial charge in [-0.1, -0.05) is 50.5 Å². The summed E-state index contributed by atoms with van der Waals surface area (Å²) in [6.45, 7) is 5.76. The quantitative estimate of drug-likeness (QED) is 0.491. The number of likely N-dealkylation sites (N-methyl/N-ethyl adjacent to an activating group) is 1. The van der Waals surface area contributed by atoms with E-state index < -0.39 is 10.0 Å². The Bertz CT molecular complexity index is 1180. The lowest BCUT2D eigenvalue weighted by molar-refractivity contribution is 0.0333. The molecule has 0 saturated heterocycles. The fourth-order valence-corrected chi connectivity index (χ4v) is 6.62. The summed E-state index contributed by atoms with van der Waals surface area (Å²) in [6, 6.07) is 12.7.